The minimum absolute atomic E-state index is 0. The maximum atomic E-state index is 11.8. The van der Waals surface area contributed by atoms with Gasteiger partial charge in [-0.1, -0.05) is 83.3 Å². The van der Waals surface area contributed by atoms with E-state index in [1.54, 1.807) is 46.0 Å². The maximum Gasteiger partial charge on any atom is 1.00 e. The second kappa shape index (κ2) is 26.6. The average molecular weight is 1090 g/mol. The van der Waals surface area contributed by atoms with Crippen molar-refractivity contribution in [3.8, 4) is 0 Å². The number of amides is 2. The van der Waals surface area contributed by atoms with Crippen LogP contribution in [0.3, 0.4) is 0 Å². The van der Waals surface area contributed by atoms with Crippen molar-refractivity contribution in [1.82, 2.24) is 39.9 Å². The number of pyridine rings is 4. The summed E-state index contributed by atoms with van der Waals surface area (Å²) in [6.07, 6.45) is 10.2. The van der Waals surface area contributed by atoms with Gasteiger partial charge in [0.25, 0.3) is 0 Å². The van der Waals surface area contributed by atoms with E-state index in [9.17, 15) is 24.0 Å². The third-order valence-corrected chi connectivity index (χ3v) is 12.5. The van der Waals surface area contributed by atoms with Crippen molar-refractivity contribution in [2.45, 2.75) is 87.4 Å². The number of aromatic carboxylic acids is 1. The number of hydrogen-bond acceptors (Lipinski definition) is 21. The van der Waals surface area contributed by atoms with Gasteiger partial charge in [0.15, 0.2) is 6.29 Å². The van der Waals surface area contributed by atoms with Crippen LogP contribution >= 0.6 is 45.3 Å². The smallest absolute Gasteiger partial charge is 0.870 e. The third-order valence-electron chi connectivity index (χ3n) is 9.02. The number of rotatable bonds is 9. The molecule has 4 N–H and O–H groups in total. The molecule has 0 saturated heterocycles. The number of carbonyl (C=O) groups is 5. The minimum Gasteiger partial charge on any atom is -0.870 e. The Balaban J connectivity index is 0.000000259. The normalized spacial score (nSPS) is 10.7. The summed E-state index contributed by atoms with van der Waals surface area (Å²) in [7, 11) is 0. The molecule has 0 saturated carbocycles. The number of aromatic nitrogens is 8. The number of aldehydes is 1. The van der Waals surface area contributed by atoms with Gasteiger partial charge >= 0.3 is 53.7 Å². The Morgan fingerprint density at radius 2 is 0.905 bits per heavy atom. The van der Waals surface area contributed by atoms with E-state index in [2.05, 4.69) is 70.2 Å². The number of carboxylic acid groups (broad SMARTS) is 1. The molecule has 0 aliphatic rings. The van der Waals surface area contributed by atoms with Crippen LogP contribution in [0.25, 0.3) is 59.6 Å². The molecule has 0 spiro atoms. The Morgan fingerprint density at radius 1 is 0.581 bits per heavy atom. The molecule has 0 radical (unpaired) electrons. The number of nitrogens with zero attached hydrogens (tertiary/aromatic N) is 8. The van der Waals surface area contributed by atoms with Crippen molar-refractivity contribution in [3.05, 3.63) is 97.9 Å². The zero-order valence-electron chi connectivity index (χ0n) is 42.8. The summed E-state index contributed by atoms with van der Waals surface area (Å²) in [5, 5.41) is 17.7. The summed E-state index contributed by atoms with van der Waals surface area (Å²) < 4.78 is 15.4. The number of nitrogens with one attached hydrogen (secondary N) is 2. The standard InChI is InChI=1S/C14H17N3O2S.C13H15N3O3S.C12H12N2O2S.C10H8N2O2S.Na.H2O/c1-6-9-10(17-13(18)19-14(3,4)5)7-15-12-11(9)16-8(2)20-12;1-7-15-10-8(6-17)9(5-14-11(10)20-7)16-12(18)19-13(2,3)4;1-4-8-9(12(15)16-5-2)6-13-11-10(8)14-7(3)17-11;1-3-6-7(10(13)14)4-11-9-8(6)12-5(2)15-9;;/h6-7H,1H2,2-5H3,(H,17,18);5-6H,1-4H3,(H,16,18);4,6H,1,5H2,2-3H3;3-4H,1H2,2H3,(H,13,14);;1H2/q;;;;+1;/p-1. The molecule has 0 atom stereocenters. The Labute approximate surface area is 464 Å². The van der Waals surface area contributed by atoms with Crippen LogP contribution in [-0.2, 0) is 14.2 Å². The zero-order valence-corrected chi connectivity index (χ0v) is 48.1. The van der Waals surface area contributed by atoms with E-state index in [4.69, 9.17) is 19.3 Å². The molecule has 25 heteroatoms. The molecule has 8 heterocycles. The van der Waals surface area contributed by atoms with Gasteiger partial charge in [-0.05, 0) is 76.2 Å². The molecular formula is C49H53N10NaO10S4. The number of aryl methyl sites for hydroxylation is 4. The fourth-order valence-electron chi connectivity index (χ4n) is 6.31. The van der Waals surface area contributed by atoms with Gasteiger partial charge in [-0.2, -0.15) is 0 Å². The average Bonchev–Trinajstić information content (AvgIpc) is 4.07. The number of esters is 1. The first-order valence-electron chi connectivity index (χ1n) is 21.7. The quantitative estimate of drug-likeness (QED) is 0.0525. The summed E-state index contributed by atoms with van der Waals surface area (Å²) in [5.74, 6) is -1.40. The van der Waals surface area contributed by atoms with E-state index in [0.717, 1.165) is 45.6 Å². The molecule has 8 aromatic rings. The molecule has 20 nitrogen and oxygen atoms in total. The number of thiazole rings is 4. The molecule has 8 aromatic heterocycles. The minimum atomic E-state index is -1.01. The first-order chi connectivity index (χ1) is 33.9. The van der Waals surface area contributed by atoms with Crippen molar-refractivity contribution >= 4 is 147 Å². The van der Waals surface area contributed by atoms with Crippen molar-refractivity contribution in [2.75, 3.05) is 17.2 Å². The van der Waals surface area contributed by atoms with E-state index in [0.29, 0.717) is 67.9 Å². The first kappa shape index (κ1) is 61.8. The fourth-order valence-corrected chi connectivity index (χ4v) is 9.40. The summed E-state index contributed by atoms with van der Waals surface area (Å²) in [6.45, 7) is 31.5. The van der Waals surface area contributed by atoms with Crippen molar-refractivity contribution in [2.24, 2.45) is 0 Å². The molecule has 0 bridgehead atoms. The van der Waals surface area contributed by atoms with Gasteiger partial charge in [0.05, 0.1) is 67.1 Å². The summed E-state index contributed by atoms with van der Waals surface area (Å²) in [4.78, 5) is 94.6. The second-order valence-electron chi connectivity index (χ2n) is 16.9. The van der Waals surface area contributed by atoms with Crippen LogP contribution in [0.5, 0.6) is 0 Å². The van der Waals surface area contributed by atoms with Crippen LogP contribution in [0.15, 0.2) is 44.5 Å². The SMILES string of the molecule is C=Cc1c(C(=O)O)cnc2sc(C)nc12.C=Cc1c(C(=O)OCC)cnc2sc(C)nc12.C=Cc1c(NC(=O)OC(C)(C)C)cnc2sc(C)nc12.Cc1nc2c(C=O)c(NC(=O)OC(C)(C)C)cnc2s1.[Na+].[OH-]. The van der Waals surface area contributed by atoms with Crippen LogP contribution in [0.4, 0.5) is 21.0 Å². The van der Waals surface area contributed by atoms with Gasteiger partial charge in [0, 0.05) is 29.1 Å². The monoisotopic (exact) mass is 1090 g/mol. The summed E-state index contributed by atoms with van der Waals surface area (Å²) >= 11 is 5.83. The Bertz CT molecular complexity index is 3270. The predicted molar refractivity (Wildman–Crippen MR) is 289 cm³/mol. The van der Waals surface area contributed by atoms with Gasteiger partial charge in [-0.15, -0.1) is 0 Å². The van der Waals surface area contributed by atoms with E-state index < -0.39 is 29.4 Å². The van der Waals surface area contributed by atoms with E-state index in [1.807, 2.05) is 48.5 Å². The summed E-state index contributed by atoms with van der Waals surface area (Å²) in [5.41, 5.74) is 5.12. The molecule has 0 aliphatic carbocycles. The zero-order chi connectivity index (χ0) is 53.2. The van der Waals surface area contributed by atoms with Crippen LogP contribution in [-0.4, -0.2) is 98.7 Å². The molecule has 0 fully saturated rings. The van der Waals surface area contributed by atoms with Crippen LogP contribution < -0.4 is 40.2 Å². The van der Waals surface area contributed by atoms with E-state index >= 15 is 0 Å². The summed E-state index contributed by atoms with van der Waals surface area (Å²) in [6, 6.07) is 0. The number of carboxylic acids is 1. The fraction of sp³-hybridized carbons (Fsp3) is 0.286. The van der Waals surface area contributed by atoms with Gasteiger partial charge < -0.3 is 24.8 Å². The largest absolute Gasteiger partial charge is 1.00 e. The molecule has 2 amide bonds. The van der Waals surface area contributed by atoms with Gasteiger partial charge in [0.1, 0.15) is 52.6 Å². The number of hydrogen-bond donors (Lipinski definition) is 3. The predicted octanol–water partition coefficient (Wildman–Crippen LogP) is 9.14. The van der Waals surface area contributed by atoms with Crippen LogP contribution in [0.2, 0.25) is 0 Å². The molecule has 8 rings (SSSR count). The number of anilines is 2. The first-order valence-corrected chi connectivity index (χ1v) is 24.9. The van der Waals surface area contributed by atoms with Crippen molar-refractivity contribution < 1.29 is 78.3 Å². The topological polar surface area (TPSA) is 290 Å². The van der Waals surface area contributed by atoms with Gasteiger partial charge in [0.2, 0.25) is 0 Å². The number of carbonyl (C=O) groups excluding carboxylic acids is 4. The third kappa shape index (κ3) is 16.0. The second-order valence-corrected chi connectivity index (χ2v) is 21.6. The van der Waals surface area contributed by atoms with Crippen LogP contribution in [0.1, 0.15) is 116 Å². The van der Waals surface area contributed by atoms with Crippen LogP contribution in [0, 0.1) is 27.7 Å². The van der Waals surface area contributed by atoms with Crippen molar-refractivity contribution in [1.29, 1.82) is 0 Å². The Hall–Kier alpha value is -6.51. The molecule has 0 aliphatic heterocycles. The molecule has 0 unspecified atom stereocenters. The number of fused-ring (bicyclic) bond motifs is 4. The van der Waals surface area contributed by atoms with E-state index in [-0.39, 0.29) is 46.6 Å². The Morgan fingerprint density at radius 3 is 1.24 bits per heavy atom. The van der Waals surface area contributed by atoms with Crippen molar-refractivity contribution in [3.63, 3.8) is 0 Å². The Kier molecular flexibility index (Phi) is 22.2. The van der Waals surface area contributed by atoms with Gasteiger partial charge in [-0.25, -0.2) is 59.0 Å². The molecule has 74 heavy (non-hydrogen) atoms. The molecular weight excluding hydrogens is 1040 g/mol. The molecule has 384 valence electrons. The van der Waals surface area contributed by atoms with Gasteiger partial charge in [-0.3, -0.25) is 15.4 Å². The number of ether oxygens (including phenoxy) is 3. The molecule has 0 aromatic carbocycles. The van der Waals surface area contributed by atoms with E-state index in [1.165, 1.54) is 70.0 Å². The maximum absolute atomic E-state index is 11.8.